The molecule has 3 heterocycles. The summed E-state index contributed by atoms with van der Waals surface area (Å²) in [5, 5.41) is 11.2. The second kappa shape index (κ2) is 5.58. The monoisotopic (exact) mass is 302 g/mol. The maximum atomic E-state index is 11.2. The van der Waals surface area contributed by atoms with Gasteiger partial charge in [-0.2, -0.15) is 10.2 Å². The standard InChI is InChI=1S/C14H14N4O2S/c15-8-10-14(18-5-3-9(4-6-18)12(16)19)20-13(17-10)11-2-1-7-21-11/h1-2,7,9H,3-6H2,(H2,16,19). The molecule has 7 heteroatoms. The SMILES string of the molecule is N#Cc1nc(-c2cccs2)oc1N1CCC(C(N)=O)CC1. The Morgan fingerprint density at radius 3 is 2.86 bits per heavy atom. The first-order valence-electron chi connectivity index (χ1n) is 6.68. The normalized spacial score (nSPS) is 15.9. The third-order valence-corrected chi connectivity index (χ3v) is 4.49. The molecule has 1 saturated heterocycles. The molecule has 0 atom stereocenters. The van der Waals surface area contributed by atoms with Gasteiger partial charge in [0.2, 0.25) is 23.4 Å². The average Bonchev–Trinajstić information content (AvgIpc) is 3.16. The maximum absolute atomic E-state index is 11.2. The van der Waals surface area contributed by atoms with E-state index in [9.17, 15) is 10.1 Å². The summed E-state index contributed by atoms with van der Waals surface area (Å²) in [4.78, 5) is 18.3. The summed E-state index contributed by atoms with van der Waals surface area (Å²) in [6.45, 7) is 1.28. The van der Waals surface area contributed by atoms with Gasteiger partial charge in [0.25, 0.3) is 0 Å². The van der Waals surface area contributed by atoms with Crippen molar-refractivity contribution in [3.8, 4) is 16.8 Å². The van der Waals surface area contributed by atoms with Gasteiger partial charge in [-0.3, -0.25) is 4.79 Å². The average molecular weight is 302 g/mol. The number of aromatic nitrogens is 1. The molecule has 3 rings (SSSR count). The highest BCUT2D eigenvalue weighted by molar-refractivity contribution is 7.13. The summed E-state index contributed by atoms with van der Waals surface area (Å²) in [6.07, 6.45) is 1.35. The van der Waals surface area contributed by atoms with E-state index in [2.05, 4.69) is 11.1 Å². The molecule has 0 unspecified atom stereocenters. The number of hydrogen-bond acceptors (Lipinski definition) is 6. The molecule has 0 aromatic carbocycles. The third kappa shape index (κ3) is 2.62. The van der Waals surface area contributed by atoms with E-state index in [0.717, 1.165) is 4.88 Å². The van der Waals surface area contributed by atoms with Crippen molar-refractivity contribution < 1.29 is 9.21 Å². The number of anilines is 1. The van der Waals surface area contributed by atoms with Crippen LogP contribution in [0.1, 0.15) is 18.5 Å². The van der Waals surface area contributed by atoms with Crippen LogP contribution in [0.2, 0.25) is 0 Å². The van der Waals surface area contributed by atoms with Crippen LogP contribution in [-0.2, 0) is 4.79 Å². The minimum Gasteiger partial charge on any atom is -0.418 e. The number of carbonyl (C=O) groups is 1. The minimum absolute atomic E-state index is 0.0912. The number of piperidine rings is 1. The molecule has 0 aliphatic carbocycles. The van der Waals surface area contributed by atoms with E-state index in [1.54, 1.807) is 0 Å². The van der Waals surface area contributed by atoms with Crippen molar-refractivity contribution in [2.45, 2.75) is 12.8 Å². The van der Waals surface area contributed by atoms with Gasteiger partial charge in [0.1, 0.15) is 6.07 Å². The van der Waals surface area contributed by atoms with Crippen LogP contribution < -0.4 is 10.6 Å². The Morgan fingerprint density at radius 1 is 1.52 bits per heavy atom. The van der Waals surface area contributed by atoms with Gasteiger partial charge in [0.05, 0.1) is 4.88 Å². The topological polar surface area (TPSA) is 96.2 Å². The van der Waals surface area contributed by atoms with Crippen molar-refractivity contribution in [2.24, 2.45) is 11.7 Å². The highest BCUT2D eigenvalue weighted by Gasteiger charge is 2.27. The molecule has 0 bridgehead atoms. The molecule has 1 amide bonds. The molecular formula is C14H14N4O2S. The molecule has 2 aromatic rings. The fourth-order valence-electron chi connectivity index (χ4n) is 2.47. The maximum Gasteiger partial charge on any atom is 0.240 e. The van der Waals surface area contributed by atoms with Crippen molar-refractivity contribution in [1.82, 2.24) is 4.98 Å². The summed E-state index contributed by atoms with van der Waals surface area (Å²) in [6, 6.07) is 5.89. The van der Waals surface area contributed by atoms with Gasteiger partial charge in [-0.05, 0) is 24.3 Å². The molecule has 0 spiro atoms. The zero-order chi connectivity index (χ0) is 14.8. The Morgan fingerprint density at radius 2 is 2.29 bits per heavy atom. The van der Waals surface area contributed by atoms with Crippen LogP contribution in [-0.4, -0.2) is 24.0 Å². The number of carbonyl (C=O) groups excluding carboxylic acids is 1. The fraction of sp³-hybridized carbons (Fsp3) is 0.357. The van der Waals surface area contributed by atoms with Crippen LogP contribution in [0.15, 0.2) is 21.9 Å². The molecule has 1 aliphatic rings. The van der Waals surface area contributed by atoms with Gasteiger partial charge in [-0.15, -0.1) is 11.3 Å². The predicted molar refractivity (Wildman–Crippen MR) is 78.7 cm³/mol. The van der Waals surface area contributed by atoms with E-state index >= 15 is 0 Å². The Bertz CT molecular complexity index is 678. The first-order chi connectivity index (χ1) is 10.2. The quantitative estimate of drug-likeness (QED) is 0.935. The Balaban J connectivity index is 1.83. The lowest BCUT2D eigenvalue weighted by atomic mass is 9.96. The highest BCUT2D eigenvalue weighted by Crippen LogP contribution is 2.32. The fourth-order valence-corrected chi connectivity index (χ4v) is 3.12. The zero-order valence-corrected chi connectivity index (χ0v) is 12.1. The van der Waals surface area contributed by atoms with Crippen molar-refractivity contribution in [3.05, 3.63) is 23.2 Å². The largest absolute Gasteiger partial charge is 0.418 e. The van der Waals surface area contributed by atoms with E-state index in [0.29, 0.717) is 37.7 Å². The van der Waals surface area contributed by atoms with Crippen molar-refractivity contribution in [1.29, 1.82) is 5.26 Å². The molecule has 2 aromatic heterocycles. The van der Waals surface area contributed by atoms with Gasteiger partial charge in [0.15, 0.2) is 0 Å². The summed E-state index contributed by atoms with van der Waals surface area (Å²) >= 11 is 1.51. The molecular weight excluding hydrogens is 288 g/mol. The Kier molecular flexibility index (Phi) is 3.62. The molecule has 1 aliphatic heterocycles. The number of nitrogens with zero attached hydrogens (tertiary/aromatic N) is 3. The smallest absolute Gasteiger partial charge is 0.240 e. The molecule has 1 fully saturated rings. The van der Waals surface area contributed by atoms with E-state index in [4.69, 9.17) is 10.2 Å². The van der Waals surface area contributed by atoms with Crippen LogP contribution in [0.4, 0.5) is 5.88 Å². The highest BCUT2D eigenvalue weighted by atomic mass is 32.1. The van der Waals surface area contributed by atoms with E-state index in [-0.39, 0.29) is 17.5 Å². The van der Waals surface area contributed by atoms with Crippen LogP contribution in [0.25, 0.3) is 10.8 Å². The van der Waals surface area contributed by atoms with Crippen LogP contribution in [0.5, 0.6) is 0 Å². The second-order valence-corrected chi connectivity index (χ2v) is 5.87. The minimum atomic E-state index is -0.257. The zero-order valence-electron chi connectivity index (χ0n) is 11.3. The number of nitriles is 1. The molecule has 108 valence electrons. The second-order valence-electron chi connectivity index (χ2n) is 4.93. The number of amides is 1. The lowest BCUT2D eigenvalue weighted by Gasteiger charge is -2.30. The summed E-state index contributed by atoms with van der Waals surface area (Å²) < 4.78 is 5.77. The van der Waals surface area contributed by atoms with Gasteiger partial charge < -0.3 is 15.1 Å². The number of primary amides is 1. The first kappa shape index (κ1) is 13.6. The van der Waals surface area contributed by atoms with Crippen molar-refractivity contribution in [3.63, 3.8) is 0 Å². The van der Waals surface area contributed by atoms with Gasteiger partial charge in [0, 0.05) is 19.0 Å². The van der Waals surface area contributed by atoms with E-state index in [1.165, 1.54) is 11.3 Å². The number of nitrogens with two attached hydrogens (primary N) is 1. The lowest BCUT2D eigenvalue weighted by molar-refractivity contribution is -0.122. The molecule has 0 radical (unpaired) electrons. The molecule has 0 saturated carbocycles. The first-order valence-corrected chi connectivity index (χ1v) is 7.56. The lowest BCUT2D eigenvalue weighted by Crippen LogP contribution is -2.38. The van der Waals surface area contributed by atoms with E-state index in [1.807, 2.05) is 22.4 Å². The summed E-state index contributed by atoms with van der Waals surface area (Å²) in [7, 11) is 0. The summed E-state index contributed by atoms with van der Waals surface area (Å²) in [5.41, 5.74) is 5.62. The van der Waals surface area contributed by atoms with Gasteiger partial charge in [-0.1, -0.05) is 6.07 Å². The van der Waals surface area contributed by atoms with E-state index < -0.39 is 0 Å². The molecule has 6 nitrogen and oxygen atoms in total. The van der Waals surface area contributed by atoms with Gasteiger partial charge in [-0.25, -0.2) is 0 Å². The number of oxazole rings is 1. The number of hydrogen-bond donors (Lipinski definition) is 1. The Hall–Kier alpha value is -2.33. The Labute approximate surface area is 125 Å². The van der Waals surface area contributed by atoms with Crippen LogP contribution in [0.3, 0.4) is 0 Å². The van der Waals surface area contributed by atoms with Crippen molar-refractivity contribution >= 4 is 23.1 Å². The summed E-state index contributed by atoms with van der Waals surface area (Å²) in [5.74, 6) is 0.607. The van der Waals surface area contributed by atoms with Crippen LogP contribution >= 0.6 is 11.3 Å². The van der Waals surface area contributed by atoms with Crippen molar-refractivity contribution in [2.75, 3.05) is 18.0 Å². The van der Waals surface area contributed by atoms with Gasteiger partial charge >= 0.3 is 0 Å². The third-order valence-electron chi connectivity index (χ3n) is 3.63. The van der Waals surface area contributed by atoms with Crippen LogP contribution in [0, 0.1) is 17.2 Å². The molecule has 21 heavy (non-hydrogen) atoms. The number of thiophene rings is 1. The number of rotatable bonds is 3. The molecule has 2 N–H and O–H groups in total. The predicted octanol–water partition coefficient (Wildman–Crippen LogP) is 1.98.